The first-order chi connectivity index (χ1) is 7.30. The second kappa shape index (κ2) is 4.21. The van der Waals surface area contributed by atoms with Gasteiger partial charge in [-0.2, -0.15) is 0 Å². The maximum absolute atomic E-state index is 5.70. The second-order valence-corrected chi connectivity index (χ2v) is 3.54. The van der Waals surface area contributed by atoms with Gasteiger partial charge in [0.25, 0.3) is 0 Å². The Bertz CT molecular complexity index is 329. The van der Waals surface area contributed by atoms with Crippen LogP contribution < -0.4 is 4.74 Å². The largest absolute Gasteiger partial charge is 0.497 e. The lowest BCUT2D eigenvalue weighted by Crippen LogP contribution is -2.25. The van der Waals surface area contributed by atoms with Crippen molar-refractivity contribution in [3.8, 4) is 5.75 Å². The molecule has 0 atom stereocenters. The molecule has 1 aromatic rings. The lowest BCUT2D eigenvalue weighted by Gasteiger charge is -2.26. The molecule has 15 heavy (non-hydrogen) atoms. The molecule has 1 aliphatic rings. The first-order valence-electron chi connectivity index (χ1n) is 5.23. The molecular weight excluding hydrogens is 192 g/mol. The van der Waals surface area contributed by atoms with Crippen molar-refractivity contribution in [2.45, 2.75) is 19.1 Å². The zero-order valence-corrected chi connectivity index (χ0v) is 9.16. The van der Waals surface area contributed by atoms with Gasteiger partial charge >= 0.3 is 0 Å². The standard InChI is InChI=1S/C12H16O3/c1-3-12(14-7-8-15-12)10-5-4-6-11(9-10)13-2/h4-6,9H,3,7-8H2,1-2H3. The fraction of sp³-hybridized carbons (Fsp3) is 0.500. The molecule has 0 aliphatic carbocycles. The molecule has 0 saturated carbocycles. The summed E-state index contributed by atoms with van der Waals surface area (Å²) in [6, 6.07) is 7.85. The minimum Gasteiger partial charge on any atom is -0.497 e. The quantitative estimate of drug-likeness (QED) is 0.762. The molecule has 1 aromatic carbocycles. The normalized spacial score (nSPS) is 19.1. The van der Waals surface area contributed by atoms with Gasteiger partial charge in [-0.1, -0.05) is 19.1 Å². The van der Waals surface area contributed by atoms with Crippen LogP contribution in [0.2, 0.25) is 0 Å². The molecule has 0 N–H and O–H groups in total. The van der Waals surface area contributed by atoms with Gasteiger partial charge in [0.1, 0.15) is 5.75 Å². The Morgan fingerprint density at radius 1 is 1.33 bits per heavy atom. The summed E-state index contributed by atoms with van der Waals surface area (Å²) < 4.78 is 16.6. The summed E-state index contributed by atoms with van der Waals surface area (Å²) in [5.41, 5.74) is 1.03. The number of ether oxygens (including phenoxy) is 3. The summed E-state index contributed by atoms with van der Waals surface area (Å²) in [5, 5.41) is 0. The molecule has 1 fully saturated rings. The first-order valence-corrected chi connectivity index (χ1v) is 5.23. The van der Waals surface area contributed by atoms with Gasteiger partial charge in [0.2, 0.25) is 0 Å². The van der Waals surface area contributed by atoms with Gasteiger partial charge in [-0.3, -0.25) is 0 Å². The van der Waals surface area contributed by atoms with Gasteiger partial charge < -0.3 is 14.2 Å². The third-order valence-corrected chi connectivity index (χ3v) is 2.73. The molecule has 0 radical (unpaired) electrons. The SMILES string of the molecule is CCC1(c2cccc(OC)c2)OCCO1. The van der Waals surface area contributed by atoms with Crippen molar-refractivity contribution in [3.63, 3.8) is 0 Å². The van der Waals surface area contributed by atoms with E-state index >= 15 is 0 Å². The molecule has 0 spiro atoms. The number of methoxy groups -OCH3 is 1. The van der Waals surface area contributed by atoms with Crippen molar-refractivity contribution in [2.24, 2.45) is 0 Å². The third kappa shape index (κ3) is 1.85. The van der Waals surface area contributed by atoms with E-state index in [-0.39, 0.29) is 0 Å². The van der Waals surface area contributed by atoms with Crippen molar-refractivity contribution in [3.05, 3.63) is 29.8 Å². The van der Waals surface area contributed by atoms with Gasteiger partial charge in [-0.15, -0.1) is 0 Å². The van der Waals surface area contributed by atoms with Gasteiger partial charge in [0.15, 0.2) is 5.79 Å². The van der Waals surface area contributed by atoms with E-state index in [2.05, 4.69) is 6.92 Å². The summed E-state index contributed by atoms with van der Waals surface area (Å²) in [4.78, 5) is 0. The number of hydrogen-bond acceptors (Lipinski definition) is 3. The number of rotatable bonds is 3. The lowest BCUT2D eigenvalue weighted by atomic mass is 10.0. The van der Waals surface area contributed by atoms with E-state index in [1.165, 1.54) is 0 Å². The molecule has 1 saturated heterocycles. The zero-order valence-electron chi connectivity index (χ0n) is 9.16. The monoisotopic (exact) mass is 208 g/mol. The molecule has 0 aromatic heterocycles. The van der Waals surface area contributed by atoms with E-state index in [0.29, 0.717) is 13.2 Å². The Morgan fingerprint density at radius 2 is 2.07 bits per heavy atom. The molecule has 0 unspecified atom stereocenters. The van der Waals surface area contributed by atoms with Gasteiger partial charge in [0, 0.05) is 12.0 Å². The van der Waals surface area contributed by atoms with Crippen LogP contribution >= 0.6 is 0 Å². The summed E-state index contributed by atoms with van der Waals surface area (Å²) >= 11 is 0. The summed E-state index contributed by atoms with van der Waals surface area (Å²) in [7, 11) is 1.66. The molecule has 0 bridgehead atoms. The fourth-order valence-corrected chi connectivity index (χ4v) is 1.89. The van der Waals surface area contributed by atoms with Gasteiger partial charge in [-0.25, -0.2) is 0 Å². The molecular formula is C12H16O3. The predicted octanol–water partition coefficient (Wildman–Crippen LogP) is 2.30. The van der Waals surface area contributed by atoms with Crippen LogP contribution in [0.4, 0.5) is 0 Å². The van der Waals surface area contributed by atoms with Crippen LogP contribution in [0.25, 0.3) is 0 Å². The second-order valence-electron chi connectivity index (χ2n) is 3.54. The Kier molecular flexibility index (Phi) is 2.93. The van der Waals surface area contributed by atoms with Crippen molar-refractivity contribution >= 4 is 0 Å². The van der Waals surface area contributed by atoms with E-state index in [1.54, 1.807) is 7.11 Å². The van der Waals surface area contributed by atoms with Crippen LogP contribution in [0.1, 0.15) is 18.9 Å². The topological polar surface area (TPSA) is 27.7 Å². The van der Waals surface area contributed by atoms with E-state index in [0.717, 1.165) is 17.7 Å². The minimum absolute atomic E-state index is 0.561. The third-order valence-electron chi connectivity index (χ3n) is 2.73. The zero-order chi connectivity index (χ0) is 10.7. The average Bonchev–Trinajstić information content (AvgIpc) is 2.79. The Labute approximate surface area is 90.0 Å². The van der Waals surface area contributed by atoms with Crippen LogP contribution in [0, 0.1) is 0 Å². The Morgan fingerprint density at radius 3 is 2.67 bits per heavy atom. The van der Waals surface area contributed by atoms with Crippen molar-refractivity contribution < 1.29 is 14.2 Å². The van der Waals surface area contributed by atoms with E-state index in [9.17, 15) is 0 Å². The van der Waals surface area contributed by atoms with E-state index in [1.807, 2.05) is 24.3 Å². The molecule has 3 heteroatoms. The summed E-state index contributed by atoms with van der Waals surface area (Å²) in [6.45, 7) is 3.38. The number of benzene rings is 1. The Balaban J connectivity index is 2.33. The van der Waals surface area contributed by atoms with E-state index < -0.39 is 5.79 Å². The van der Waals surface area contributed by atoms with Crippen molar-refractivity contribution in [2.75, 3.05) is 20.3 Å². The maximum Gasteiger partial charge on any atom is 0.194 e. The highest BCUT2D eigenvalue weighted by atomic mass is 16.7. The maximum atomic E-state index is 5.70. The molecule has 3 nitrogen and oxygen atoms in total. The van der Waals surface area contributed by atoms with Crippen LogP contribution in [0.3, 0.4) is 0 Å². The lowest BCUT2D eigenvalue weighted by molar-refractivity contribution is -0.167. The predicted molar refractivity (Wildman–Crippen MR) is 56.9 cm³/mol. The van der Waals surface area contributed by atoms with Crippen molar-refractivity contribution in [1.29, 1.82) is 0 Å². The van der Waals surface area contributed by atoms with Crippen LogP contribution in [0.5, 0.6) is 5.75 Å². The molecule has 1 aliphatic heterocycles. The average molecular weight is 208 g/mol. The molecule has 2 rings (SSSR count). The van der Waals surface area contributed by atoms with E-state index in [4.69, 9.17) is 14.2 Å². The number of hydrogen-bond donors (Lipinski definition) is 0. The van der Waals surface area contributed by atoms with Crippen molar-refractivity contribution in [1.82, 2.24) is 0 Å². The fourth-order valence-electron chi connectivity index (χ4n) is 1.89. The minimum atomic E-state index is -0.561. The molecule has 82 valence electrons. The van der Waals surface area contributed by atoms with Crippen LogP contribution in [0.15, 0.2) is 24.3 Å². The molecule has 1 heterocycles. The highest BCUT2D eigenvalue weighted by Crippen LogP contribution is 2.35. The molecule has 0 amide bonds. The van der Waals surface area contributed by atoms with Gasteiger partial charge in [-0.05, 0) is 12.1 Å². The van der Waals surface area contributed by atoms with Gasteiger partial charge in [0.05, 0.1) is 20.3 Å². The first kappa shape index (κ1) is 10.5. The smallest absolute Gasteiger partial charge is 0.194 e. The highest BCUT2D eigenvalue weighted by molar-refractivity contribution is 5.31. The summed E-state index contributed by atoms with van der Waals surface area (Å²) in [5.74, 6) is 0.272. The van der Waals surface area contributed by atoms with Crippen LogP contribution in [-0.2, 0) is 15.3 Å². The summed E-state index contributed by atoms with van der Waals surface area (Å²) in [6.07, 6.45) is 0.806. The highest BCUT2D eigenvalue weighted by Gasteiger charge is 2.36. The van der Waals surface area contributed by atoms with Crippen LogP contribution in [-0.4, -0.2) is 20.3 Å². The Hall–Kier alpha value is -1.06.